The molecule has 0 saturated carbocycles. The molecule has 2 heterocycles. The van der Waals surface area contributed by atoms with Crippen LogP contribution < -0.4 is 0 Å². The molecule has 90 valence electrons. The summed E-state index contributed by atoms with van der Waals surface area (Å²) in [7, 11) is 0. The Morgan fingerprint density at radius 1 is 1.12 bits per heavy atom. The minimum atomic E-state index is 1.08. The lowest BCUT2D eigenvalue weighted by atomic mass is 10.0. The molecule has 2 nitrogen and oxygen atoms in total. The lowest BCUT2D eigenvalue weighted by Crippen LogP contribution is -1.94. The summed E-state index contributed by atoms with van der Waals surface area (Å²) in [4.78, 5) is 7.56. The van der Waals surface area contributed by atoms with E-state index in [9.17, 15) is 0 Å². The van der Waals surface area contributed by atoms with Gasteiger partial charge in [0.15, 0.2) is 0 Å². The molecule has 0 aliphatic rings. The predicted molar refractivity (Wildman–Crippen MR) is 71.3 cm³/mol. The first-order valence-corrected chi connectivity index (χ1v) is 6.28. The van der Waals surface area contributed by atoms with Crippen LogP contribution in [-0.2, 0) is 19.3 Å². The molecule has 0 aliphatic carbocycles. The molecule has 0 atom stereocenters. The molecule has 2 rings (SSSR count). The third-order valence-electron chi connectivity index (χ3n) is 3.46. The number of hydrogen-bond donors (Lipinski definition) is 1. The molecule has 0 fully saturated rings. The van der Waals surface area contributed by atoms with E-state index in [4.69, 9.17) is 0 Å². The van der Waals surface area contributed by atoms with Crippen molar-refractivity contribution in [3.05, 3.63) is 52.6 Å². The Morgan fingerprint density at radius 3 is 2.41 bits per heavy atom. The summed E-state index contributed by atoms with van der Waals surface area (Å²) in [6, 6.07) is 4.18. The predicted octanol–water partition coefficient (Wildman–Crippen LogP) is 3.37. The Kier molecular flexibility index (Phi) is 3.62. The zero-order chi connectivity index (χ0) is 12.3. The Balaban J connectivity index is 2.10. The average molecular weight is 228 g/mol. The molecule has 2 aromatic heterocycles. The van der Waals surface area contributed by atoms with E-state index in [1.807, 2.05) is 12.4 Å². The Hall–Kier alpha value is -1.57. The second kappa shape index (κ2) is 5.17. The van der Waals surface area contributed by atoms with E-state index < -0.39 is 0 Å². The third-order valence-corrected chi connectivity index (χ3v) is 3.46. The van der Waals surface area contributed by atoms with Gasteiger partial charge in [-0.05, 0) is 61.9 Å². The van der Waals surface area contributed by atoms with Crippen LogP contribution in [0.5, 0.6) is 0 Å². The van der Waals surface area contributed by atoms with Gasteiger partial charge in [0.25, 0.3) is 0 Å². The zero-order valence-corrected chi connectivity index (χ0v) is 10.9. The summed E-state index contributed by atoms with van der Waals surface area (Å²) in [5, 5.41) is 0. The first kappa shape index (κ1) is 11.9. The summed E-state index contributed by atoms with van der Waals surface area (Å²) < 4.78 is 0. The number of H-pyrrole nitrogens is 1. The summed E-state index contributed by atoms with van der Waals surface area (Å²) in [5.41, 5.74) is 6.99. The fourth-order valence-electron chi connectivity index (χ4n) is 2.46. The zero-order valence-electron chi connectivity index (χ0n) is 10.9. The molecule has 2 heteroatoms. The Bertz CT molecular complexity index is 483. The van der Waals surface area contributed by atoms with Gasteiger partial charge < -0.3 is 4.98 Å². The second-order valence-electron chi connectivity index (χ2n) is 4.54. The highest BCUT2D eigenvalue weighted by Crippen LogP contribution is 2.19. The van der Waals surface area contributed by atoms with Crippen LogP contribution in [0, 0.1) is 13.8 Å². The van der Waals surface area contributed by atoms with E-state index in [0.717, 1.165) is 19.3 Å². The number of hydrogen-bond acceptors (Lipinski definition) is 1. The molecule has 0 bridgehead atoms. The van der Waals surface area contributed by atoms with Gasteiger partial charge in [-0.25, -0.2) is 0 Å². The number of nitrogens with zero attached hydrogens (tertiary/aromatic N) is 1. The van der Waals surface area contributed by atoms with Crippen LogP contribution in [0.3, 0.4) is 0 Å². The largest absolute Gasteiger partial charge is 0.362 e. The number of aromatic nitrogens is 2. The van der Waals surface area contributed by atoms with Crippen molar-refractivity contribution in [1.29, 1.82) is 0 Å². The maximum absolute atomic E-state index is 4.04. The van der Waals surface area contributed by atoms with Gasteiger partial charge in [0, 0.05) is 23.8 Å². The number of aromatic amines is 1. The van der Waals surface area contributed by atoms with Gasteiger partial charge in [-0.15, -0.1) is 0 Å². The number of aryl methyl sites for hydroxylation is 3. The second-order valence-corrected chi connectivity index (χ2v) is 4.54. The molecular weight excluding hydrogens is 208 g/mol. The summed E-state index contributed by atoms with van der Waals surface area (Å²) in [6.07, 6.45) is 6.99. The lowest BCUT2D eigenvalue weighted by molar-refractivity contribution is 0.907. The summed E-state index contributed by atoms with van der Waals surface area (Å²) >= 11 is 0. The van der Waals surface area contributed by atoms with Crippen LogP contribution in [0.4, 0.5) is 0 Å². The summed E-state index contributed by atoms with van der Waals surface area (Å²) in [6.45, 7) is 6.61. The van der Waals surface area contributed by atoms with Crippen molar-refractivity contribution in [2.45, 2.75) is 40.0 Å². The van der Waals surface area contributed by atoms with Gasteiger partial charge in [-0.2, -0.15) is 0 Å². The first-order valence-electron chi connectivity index (χ1n) is 6.28. The van der Waals surface area contributed by atoms with Gasteiger partial charge in [0.1, 0.15) is 0 Å². The molecule has 0 spiro atoms. The van der Waals surface area contributed by atoms with Crippen molar-refractivity contribution in [3.63, 3.8) is 0 Å². The van der Waals surface area contributed by atoms with Gasteiger partial charge in [-0.3, -0.25) is 4.98 Å². The molecule has 2 aromatic rings. The summed E-state index contributed by atoms with van der Waals surface area (Å²) in [5.74, 6) is 0. The van der Waals surface area contributed by atoms with Crippen LogP contribution >= 0.6 is 0 Å². The van der Waals surface area contributed by atoms with E-state index >= 15 is 0 Å². The van der Waals surface area contributed by atoms with E-state index in [-0.39, 0.29) is 0 Å². The Morgan fingerprint density at radius 2 is 1.82 bits per heavy atom. The molecule has 0 aromatic carbocycles. The van der Waals surface area contributed by atoms with Crippen LogP contribution in [-0.4, -0.2) is 9.97 Å². The topological polar surface area (TPSA) is 28.7 Å². The normalized spacial score (nSPS) is 10.8. The number of nitrogens with one attached hydrogen (secondary N) is 1. The molecule has 0 unspecified atom stereocenters. The van der Waals surface area contributed by atoms with E-state index in [1.54, 1.807) is 0 Å². The highest BCUT2D eigenvalue weighted by molar-refractivity contribution is 5.35. The highest BCUT2D eigenvalue weighted by atomic mass is 14.7. The van der Waals surface area contributed by atoms with Crippen molar-refractivity contribution < 1.29 is 0 Å². The van der Waals surface area contributed by atoms with Crippen LogP contribution in [0.25, 0.3) is 0 Å². The third kappa shape index (κ3) is 2.57. The number of rotatable bonds is 4. The minimum absolute atomic E-state index is 1.08. The van der Waals surface area contributed by atoms with Gasteiger partial charge >= 0.3 is 0 Å². The molecule has 0 saturated heterocycles. The van der Waals surface area contributed by atoms with Crippen molar-refractivity contribution in [2.24, 2.45) is 0 Å². The van der Waals surface area contributed by atoms with Crippen molar-refractivity contribution >= 4 is 0 Å². The quantitative estimate of drug-likeness (QED) is 0.854. The SMILES string of the molecule is CCc1c(C)[nH]c(CCc2ccncc2)c1C. The Labute approximate surface area is 103 Å². The van der Waals surface area contributed by atoms with Crippen LogP contribution in [0.15, 0.2) is 24.5 Å². The van der Waals surface area contributed by atoms with Crippen LogP contribution in [0.2, 0.25) is 0 Å². The monoisotopic (exact) mass is 228 g/mol. The van der Waals surface area contributed by atoms with Crippen molar-refractivity contribution in [1.82, 2.24) is 9.97 Å². The number of pyridine rings is 1. The van der Waals surface area contributed by atoms with E-state index in [1.165, 1.54) is 28.1 Å². The lowest BCUT2D eigenvalue weighted by Gasteiger charge is -2.02. The van der Waals surface area contributed by atoms with Gasteiger partial charge in [0.05, 0.1) is 0 Å². The minimum Gasteiger partial charge on any atom is -0.362 e. The molecule has 0 radical (unpaired) electrons. The smallest absolute Gasteiger partial charge is 0.0270 e. The fraction of sp³-hybridized carbons (Fsp3) is 0.400. The van der Waals surface area contributed by atoms with Crippen molar-refractivity contribution in [3.8, 4) is 0 Å². The van der Waals surface area contributed by atoms with Crippen LogP contribution in [0.1, 0.15) is 35.0 Å². The van der Waals surface area contributed by atoms with Crippen molar-refractivity contribution in [2.75, 3.05) is 0 Å². The average Bonchev–Trinajstić information content (AvgIpc) is 2.63. The molecular formula is C15H20N2. The van der Waals surface area contributed by atoms with E-state index in [2.05, 4.69) is 42.9 Å². The molecule has 0 amide bonds. The molecule has 1 N–H and O–H groups in total. The molecule has 0 aliphatic heterocycles. The highest BCUT2D eigenvalue weighted by Gasteiger charge is 2.09. The first-order chi connectivity index (χ1) is 8.22. The van der Waals surface area contributed by atoms with Gasteiger partial charge in [-0.1, -0.05) is 6.92 Å². The maximum Gasteiger partial charge on any atom is 0.0270 e. The standard InChI is InChI=1S/C15H20N2/c1-4-14-11(2)15(17-12(14)3)6-5-13-7-9-16-10-8-13/h7-10,17H,4-6H2,1-3H3. The van der Waals surface area contributed by atoms with E-state index in [0.29, 0.717) is 0 Å². The maximum atomic E-state index is 4.04. The van der Waals surface area contributed by atoms with Gasteiger partial charge in [0.2, 0.25) is 0 Å². The fourth-order valence-corrected chi connectivity index (χ4v) is 2.46. The molecule has 17 heavy (non-hydrogen) atoms.